The van der Waals surface area contributed by atoms with Crippen LogP contribution in [-0.4, -0.2) is 84.9 Å². The first-order valence-electron chi connectivity index (χ1n) is 7.94. The third-order valence-electron chi connectivity index (χ3n) is 4.39. The summed E-state index contributed by atoms with van der Waals surface area (Å²) in [7, 11) is 0. The summed E-state index contributed by atoms with van der Waals surface area (Å²) in [4.78, 5) is 38.7. The molecule has 3 heterocycles. The van der Waals surface area contributed by atoms with E-state index in [2.05, 4.69) is 19.8 Å². The van der Waals surface area contributed by atoms with Crippen molar-refractivity contribution in [2.24, 2.45) is 0 Å². The van der Waals surface area contributed by atoms with Gasteiger partial charge in [0.05, 0.1) is 0 Å². The van der Waals surface area contributed by atoms with Gasteiger partial charge in [0.1, 0.15) is 17.5 Å². The number of carbonyl (C=O) groups is 2. The fourth-order valence-corrected chi connectivity index (χ4v) is 2.97. The normalized spacial score (nSPS) is 19.0. The van der Waals surface area contributed by atoms with Crippen LogP contribution in [0.15, 0.2) is 6.07 Å². The highest BCUT2D eigenvalue weighted by atomic mass is 16.1. The smallest absolute Gasteiger partial charge is 0.209 e. The molecule has 124 valence electrons. The van der Waals surface area contributed by atoms with Crippen molar-refractivity contribution in [3.8, 4) is 0 Å². The van der Waals surface area contributed by atoms with E-state index < -0.39 is 0 Å². The lowest BCUT2D eigenvalue weighted by molar-refractivity contribution is -0.119. The van der Waals surface area contributed by atoms with E-state index in [9.17, 15) is 9.59 Å². The summed E-state index contributed by atoms with van der Waals surface area (Å²) in [5.41, 5.74) is 0. The highest BCUT2D eigenvalue weighted by Gasteiger charge is 2.21. The zero-order valence-corrected chi connectivity index (χ0v) is 13.4. The van der Waals surface area contributed by atoms with Gasteiger partial charge in [-0.05, 0) is 6.92 Å². The molecule has 0 spiro atoms. The molecule has 0 N–H and O–H groups in total. The molecule has 0 atom stereocenters. The molecule has 0 bridgehead atoms. The quantitative estimate of drug-likeness (QED) is 0.687. The predicted molar refractivity (Wildman–Crippen MR) is 86.5 cm³/mol. The van der Waals surface area contributed by atoms with Gasteiger partial charge in [-0.15, -0.1) is 0 Å². The summed E-state index contributed by atoms with van der Waals surface area (Å²) in [6.45, 7) is 7.93. The van der Waals surface area contributed by atoms with Crippen LogP contribution in [0.1, 0.15) is 5.82 Å². The van der Waals surface area contributed by atoms with E-state index in [1.807, 2.05) is 13.0 Å². The van der Waals surface area contributed by atoms with Gasteiger partial charge in [-0.25, -0.2) is 9.97 Å². The van der Waals surface area contributed by atoms with Crippen molar-refractivity contribution >= 4 is 24.5 Å². The number of hydrogen-bond acceptors (Lipinski definition) is 6. The first-order valence-corrected chi connectivity index (χ1v) is 7.94. The molecule has 0 aliphatic carbocycles. The molecule has 2 saturated heterocycles. The Morgan fingerprint density at radius 2 is 1.17 bits per heavy atom. The number of aromatic nitrogens is 2. The molecule has 8 nitrogen and oxygen atoms in total. The van der Waals surface area contributed by atoms with E-state index in [1.165, 1.54) is 0 Å². The van der Waals surface area contributed by atoms with Crippen molar-refractivity contribution in [1.82, 2.24) is 19.8 Å². The Kier molecular flexibility index (Phi) is 4.59. The summed E-state index contributed by atoms with van der Waals surface area (Å²) in [6.07, 6.45) is 1.81. The van der Waals surface area contributed by atoms with Gasteiger partial charge < -0.3 is 19.6 Å². The van der Waals surface area contributed by atoms with E-state index in [-0.39, 0.29) is 0 Å². The lowest BCUT2D eigenvalue weighted by Crippen LogP contribution is -2.47. The third-order valence-corrected chi connectivity index (χ3v) is 4.39. The van der Waals surface area contributed by atoms with Gasteiger partial charge in [0.15, 0.2) is 0 Å². The van der Waals surface area contributed by atoms with Crippen LogP contribution in [-0.2, 0) is 9.59 Å². The minimum Gasteiger partial charge on any atom is -0.353 e. The van der Waals surface area contributed by atoms with Crippen molar-refractivity contribution in [3.05, 3.63) is 11.9 Å². The van der Waals surface area contributed by atoms with Crippen molar-refractivity contribution in [1.29, 1.82) is 0 Å². The molecular weight excluding hydrogens is 296 g/mol. The highest BCUT2D eigenvalue weighted by Crippen LogP contribution is 2.21. The van der Waals surface area contributed by atoms with Gasteiger partial charge in [-0.1, -0.05) is 0 Å². The molecule has 3 rings (SSSR count). The van der Waals surface area contributed by atoms with Crippen molar-refractivity contribution in [2.75, 3.05) is 62.2 Å². The van der Waals surface area contributed by atoms with Crippen LogP contribution >= 0.6 is 0 Å². The molecule has 0 unspecified atom stereocenters. The molecular formula is C15H22N6O2. The number of piperazine rings is 2. The lowest BCUT2D eigenvalue weighted by atomic mass is 10.3. The van der Waals surface area contributed by atoms with Crippen molar-refractivity contribution in [3.63, 3.8) is 0 Å². The maximum absolute atomic E-state index is 10.8. The molecule has 0 saturated carbocycles. The molecule has 2 aliphatic rings. The SMILES string of the molecule is Cc1nc(N2CCN(C=O)CC2)cc(N2CCN(C=O)CC2)n1. The molecule has 0 aromatic carbocycles. The Hall–Kier alpha value is -2.38. The monoisotopic (exact) mass is 318 g/mol. The summed E-state index contributed by atoms with van der Waals surface area (Å²) >= 11 is 0. The number of aryl methyl sites for hydroxylation is 1. The van der Waals surface area contributed by atoms with Gasteiger partial charge in [-0.3, -0.25) is 9.59 Å². The average molecular weight is 318 g/mol. The van der Waals surface area contributed by atoms with E-state index in [1.54, 1.807) is 9.80 Å². The fourth-order valence-electron chi connectivity index (χ4n) is 2.97. The minimum atomic E-state index is 0.722. The first-order chi connectivity index (χ1) is 11.2. The zero-order chi connectivity index (χ0) is 16.2. The van der Waals surface area contributed by atoms with Crippen LogP contribution in [0.25, 0.3) is 0 Å². The molecule has 1 aromatic rings. The molecule has 2 aliphatic heterocycles. The van der Waals surface area contributed by atoms with Crippen LogP contribution in [0.3, 0.4) is 0 Å². The standard InChI is InChI=1S/C15H22N6O2/c1-13-16-14(20-6-2-18(11-22)3-7-20)10-15(17-13)21-8-4-19(12-23)5-9-21/h10-12H,2-9H2,1H3. The Balaban J connectivity index is 1.72. The second kappa shape index (κ2) is 6.80. The largest absolute Gasteiger partial charge is 0.353 e. The maximum atomic E-state index is 10.8. The second-order valence-corrected chi connectivity index (χ2v) is 5.89. The molecule has 0 radical (unpaired) electrons. The zero-order valence-electron chi connectivity index (χ0n) is 13.4. The lowest BCUT2D eigenvalue weighted by Gasteiger charge is -2.35. The number of anilines is 2. The van der Waals surface area contributed by atoms with Gasteiger partial charge in [0.2, 0.25) is 12.8 Å². The van der Waals surface area contributed by atoms with Crippen LogP contribution in [0.5, 0.6) is 0 Å². The van der Waals surface area contributed by atoms with Gasteiger partial charge in [-0.2, -0.15) is 0 Å². The minimum absolute atomic E-state index is 0.722. The molecule has 23 heavy (non-hydrogen) atoms. The summed E-state index contributed by atoms with van der Waals surface area (Å²) in [5, 5.41) is 0. The average Bonchev–Trinajstić information content (AvgIpc) is 2.61. The Morgan fingerprint density at radius 3 is 1.52 bits per heavy atom. The van der Waals surface area contributed by atoms with Crippen molar-refractivity contribution in [2.45, 2.75) is 6.92 Å². The summed E-state index contributed by atoms with van der Waals surface area (Å²) < 4.78 is 0. The van der Waals surface area contributed by atoms with Crippen LogP contribution in [0.4, 0.5) is 11.6 Å². The van der Waals surface area contributed by atoms with E-state index >= 15 is 0 Å². The van der Waals surface area contributed by atoms with Gasteiger partial charge in [0, 0.05) is 58.4 Å². The highest BCUT2D eigenvalue weighted by molar-refractivity contribution is 5.54. The number of carbonyl (C=O) groups excluding carboxylic acids is 2. The van der Waals surface area contributed by atoms with Crippen LogP contribution in [0.2, 0.25) is 0 Å². The Bertz CT molecular complexity index is 519. The second-order valence-electron chi connectivity index (χ2n) is 5.89. The van der Waals surface area contributed by atoms with E-state index in [0.29, 0.717) is 0 Å². The maximum Gasteiger partial charge on any atom is 0.209 e. The molecule has 1 aromatic heterocycles. The number of nitrogens with zero attached hydrogens (tertiary/aromatic N) is 6. The summed E-state index contributed by atoms with van der Waals surface area (Å²) in [6, 6.07) is 2.01. The fraction of sp³-hybridized carbons (Fsp3) is 0.600. The topological polar surface area (TPSA) is 72.9 Å². The molecule has 2 fully saturated rings. The Morgan fingerprint density at radius 1 is 0.783 bits per heavy atom. The van der Waals surface area contributed by atoms with Gasteiger partial charge >= 0.3 is 0 Å². The van der Waals surface area contributed by atoms with E-state index in [4.69, 9.17) is 0 Å². The number of hydrogen-bond donors (Lipinski definition) is 0. The molecule has 2 amide bonds. The third kappa shape index (κ3) is 3.52. The number of rotatable bonds is 4. The van der Waals surface area contributed by atoms with Crippen LogP contribution in [0, 0.1) is 6.92 Å². The van der Waals surface area contributed by atoms with Crippen LogP contribution < -0.4 is 9.80 Å². The van der Waals surface area contributed by atoms with Crippen molar-refractivity contribution < 1.29 is 9.59 Å². The molecule has 8 heteroatoms. The first kappa shape index (κ1) is 15.5. The Labute approximate surface area is 135 Å². The van der Waals surface area contributed by atoms with Gasteiger partial charge in [0.25, 0.3) is 0 Å². The van der Waals surface area contributed by atoms with E-state index in [0.717, 1.165) is 82.6 Å². The summed E-state index contributed by atoms with van der Waals surface area (Å²) in [5.74, 6) is 2.57. The predicted octanol–water partition coefficient (Wildman–Crippen LogP) is -0.658. The number of amides is 2.